The minimum absolute atomic E-state index is 0.0382. The van der Waals surface area contributed by atoms with Crippen molar-refractivity contribution in [1.82, 2.24) is 15.2 Å². The standard InChI is InChI=1S/C18H27N3O3S/c1-17(2,3)13-10-25-14(20-13)6-8-19-16(24)21-9-12-5-4-7-18(12,11-21)15(22)23/h10,12H,4-9,11H2,1-3H3,(H,19,24)(H,22,23)/t12-,18+/m0/s1. The van der Waals surface area contributed by atoms with E-state index in [1.54, 1.807) is 16.2 Å². The summed E-state index contributed by atoms with van der Waals surface area (Å²) in [5.74, 6) is -0.646. The van der Waals surface area contributed by atoms with E-state index in [2.05, 4.69) is 36.5 Å². The predicted molar refractivity (Wildman–Crippen MR) is 96.9 cm³/mol. The molecule has 2 aliphatic rings. The fraction of sp³-hybridized carbons (Fsp3) is 0.722. The quantitative estimate of drug-likeness (QED) is 0.859. The molecule has 6 nitrogen and oxygen atoms in total. The number of urea groups is 1. The Hall–Kier alpha value is -1.63. The van der Waals surface area contributed by atoms with Gasteiger partial charge in [-0.15, -0.1) is 11.3 Å². The van der Waals surface area contributed by atoms with Crippen LogP contribution >= 0.6 is 11.3 Å². The first-order valence-corrected chi connectivity index (χ1v) is 9.81. The van der Waals surface area contributed by atoms with Gasteiger partial charge in [-0.25, -0.2) is 9.78 Å². The van der Waals surface area contributed by atoms with Gasteiger partial charge in [0.2, 0.25) is 0 Å². The molecule has 0 radical (unpaired) electrons. The lowest BCUT2D eigenvalue weighted by Crippen LogP contribution is -2.42. The molecule has 0 aromatic carbocycles. The van der Waals surface area contributed by atoms with Crippen molar-refractivity contribution in [2.45, 2.75) is 51.9 Å². The Labute approximate surface area is 152 Å². The van der Waals surface area contributed by atoms with Crippen LogP contribution in [0.2, 0.25) is 0 Å². The van der Waals surface area contributed by atoms with Crippen LogP contribution in [0.25, 0.3) is 0 Å². The summed E-state index contributed by atoms with van der Waals surface area (Å²) in [6, 6.07) is -0.150. The van der Waals surface area contributed by atoms with Gasteiger partial charge in [-0.1, -0.05) is 27.2 Å². The lowest BCUT2D eigenvalue weighted by atomic mass is 9.81. The molecule has 1 aromatic heterocycles. The fourth-order valence-corrected chi connectivity index (χ4v) is 4.98. The number of thiazole rings is 1. The van der Waals surface area contributed by atoms with Crippen molar-refractivity contribution < 1.29 is 14.7 Å². The number of carbonyl (C=O) groups excluding carboxylic acids is 1. The van der Waals surface area contributed by atoms with E-state index in [0.29, 0.717) is 32.5 Å². The molecule has 1 aromatic rings. The minimum atomic E-state index is -0.747. The highest BCUT2D eigenvalue weighted by Crippen LogP contribution is 2.48. The highest BCUT2D eigenvalue weighted by molar-refractivity contribution is 7.09. The Balaban J connectivity index is 1.51. The number of nitrogens with one attached hydrogen (secondary N) is 1. The van der Waals surface area contributed by atoms with Crippen LogP contribution in [-0.2, 0) is 16.6 Å². The van der Waals surface area contributed by atoms with E-state index in [0.717, 1.165) is 23.5 Å². The van der Waals surface area contributed by atoms with Gasteiger partial charge in [0.05, 0.1) is 16.1 Å². The number of nitrogens with zero attached hydrogens (tertiary/aromatic N) is 2. The van der Waals surface area contributed by atoms with Gasteiger partial charge in [-0.2, -0.15) is 0 Å². The molecule has 1 saturated heterocycles. The number of aliphatic carboxylic acids is 1. The van der Waals surface area contributed by atoms with Crippen LogP contribution in [-0.4, -0.2) is 46.6 Å². The second-order valence-electron chi connectivity index (χ2n) is 8.29. The number of amides is 2. The van der Waals surface area contributed by atoms with Crippen molar-refractivity contribution in [3.8, 4) is 0 Å². The highest BCUT2D eigenvalue weighted by atomic mass is 32.1. The second kappa shape index (κ2) is 6.59. The monoisotopic (exact) mass is 365 g/mol. The van der Waals surface area contributed by atoms with Crippen LogP contribution < -0.4 is 5.32 Å². The highest BCUT2D eigenvalue weighted by Gasteiger charge is 2.55. The van der Waals surface area contributed by atoms with Gasteiger partial charge in [0.1, 0.15) is 0 Å². The molecular weight excluding hydrogens is 338 g/mol. The molecule has 0 unspecified atom stereocenters. The van der Waals surface area contributed by atoms with Crippen LogP contribution in [0.5, 0.6) is 0 Å². The number of hydrogen-bond acceptors (Lipinski definition) is 4. The summed E-state index contributed by atoms with van der Waals surface area (Å²) in [5.41, 5.74) is 0.402. The first kappa shape index (κ1) is 18.2. The smallest absolute Gasteiger partial charge is 0.317 e. The third-order valence-corrected chi connectivity index (χ3v) is 6.43. The molecule has 2 heterocycles. The summed E-state index contributed by atoms with van der Waals surface area (Å²) in [5, 5.41) is 15.6. The summed E-state index contributed by atoms with van der Waals surface area (Å²) in [7, 11) is 0. The first-order chi connectivity index (χ1) is 11.7. The normalized spacial score (nSPS) is 25.9. The maximum Gasteiger partial charge on any atom is 0.317 e. The van der Waals surface area contributed by atoms with E-state index in [9.17, 15) is 14.7 Å². The summed E-state index contributed by atoms with van der Waals surface area (Å²) in [4.78, 5) is 30.4. The molecule has 7 heteroatoms. The van der Waals surface area contributed by atoms with E-state index in [1.165, 1.54) is 0 Å². The summed E-state index contributed by atoms with van der Waals surface area (Å²) >= 11 is 1.62. The molecule has 138 valence electrons. The van der Waals surface area contributed by atoms with Crippen molar-refractivity contribution in [2.24, 2.45) is 11.3 Å². The Bertz CT molecular complexity index is 667. The number of carbonyl (C=O) groups is 2. The van der Waals surface area contributed by atoms with Crippen LogP contribution in [0.1, 0.15) is 50.7 Å². The Kier molecular flexibility index (Phi) is 4.79. The van der Waals surface area contributed by atoms with Gasteiger partial charge in [0.25, 0.3) is 0 Å². The number of fused-ring (bicyclic) bond motifs is 1. The topological polar surface area (TPSA) is 82.5 Å². The lowest BCUT2D eigenvalue weighted by Gasteiger charge is -2.23. The lowest BCUT2D eigenvalue weighted by molar-refractivity contribution is -0.149. The van der Waals surface area contributed by atoms with E-state index < -0.39 is 11.4 Å². The molecule has 2 N–H and O–H groups in total. The van der Waals surface area contributed by atoms with Crippen molar-refractivity contribution >= 4 is 23.3 Å². The maximum absolute atomic E-state index is 12.4. The van der Waals surface area contributed by atoms with Crippen LogP contribution in [0.3, 0.4) is 0 Å². The van der Waals surface area contributed by atoms with E-state index in [-0.39, 0.29) is 17.4 Å². The van der Waals surface area contributed by atoms with Crippen molar-refractivity contribution in [1.29, 1.82) is 0 Å². The molecular formula is C18H27N3O3S. The molecule has 3 rings (SSSR count). The van der Waals surface area contributed by atoms with Gasteiger partial charge in [-0.05, 0) is 18.8 Å². The van der Waals surface area contributed by atoms with Gasteiger partial charge >= 0.3 is 12.0 Å². The molecule has 25 heavy (non-hydrogen) atoms. The molecule has 1 aliphatic heterocycles. The molecule has 1 saturated carbocycles. The van der Waals surface area contributed by atoms with Crippen molar-refractivity contribution in [2.75, 3.05) is 19.6 Å². The number of carboxylic acids is 1. The van der Waals surface area contributed by atoms with Crippen LogP contribution in [0.15, 0.2) is 5.38 Å². The fourth-order valence-electron chi connectivity index (χ4n) is 3.95. The maximum atomic E-state index is 12.4. The molecule has 2 fully saturated rings. The molecule has 0 spiro atoms. The molecule has 1 aliphatic carbocycles. The van der Waals surface area contributed by atoms with Crippen LogP contribution in [0, 0.1) is 11.3 Å². The predicted octanol–water partition coefficient (Wildman–Crippen LogP) is 2.88. The first-order valence-electron chi connectivity index (χ1n) is 8.93. The summed E-state index contributed by atoms with van der Waals surface area (Å²) in [6.07, 6.45) is 3.25. The molecule has 0 bridgehead atoms. The number of likely N-dealkylation sites (tertiary alicyclic amines) is 1. The Morgan fingerprint density at radius 3 is 2.84 bits per heavy atom. The van der Waals surface area contributed by atoms with Gasteiger partial charge in [-0.3, -0.25) is 4.79 Å². The average molecular weight is 365 g/mol. The largest absolute Gasteiger partial charge is 0.481 e. The zero-order chi connectivity index (χ0) is 18.2. The van der Waals surface area contributed by atoms with E-state index >= 15 is 0 Å². The number of carboxylic acid groups (broad SMARTS) is 1. The summed E-state index contributed by atoms with van der Waals surface area (Å²) < 4.78 is 0. The Morgan fingerprint density at radius 2 is 2.24 bits per heavy atom. The van der Waals surface area contributed by atoms with Crippen molar-refractivity contribution in [3.05, 3.63) is 16.1 Å². The minimum Gasteiger partial charge on any atom is -0.481 e. The SMILES string of the molecule is CC(C)(C)c1csc(CCNC(=O)N2C[C@@H]3CCC[C@@]3(C(=O)O)C2)n1. The van der Waals surface area contributed by atoms with Gasteiger partial charge in [0.15, 0.2) is 0 Å². The summed E-state index contributed by atoms with van der Waals surface area (Å²) in [6.45, 7) is 7.83. The van der Waals surface area contributed by atoms with E-state index in [1.807, 2.05) is 0 Å². The van der Waals surface area contributed by atoms with Crippen LogP contribution in [0.4, 0.5) is 4.79 Å². The Morgan fingerprint density at radius 1 is 1.48 bits per heavy atom. The van der Waals surface area contributed by atoms with Gasteiger partial charge in [0, 0.05) is 36.9 Å². The number of rotatable bonds is 4. The van der Waals surface area contributed by atoms with Crippen molar-refractivity contribution in [3.63, 3.8) is 0 Å². The number of aromatic nitrogens is 1. The second-order valence-corrected chi connectivity index (χ2v) is 9.23. The van der Waals surface area contributed by atoms with Gasteiger partial charge < -0.3 is 15.3 Å². The third kappa shape index (κ3) is 3.52. The average Bonchev–Trinajstić information content (AvgIpc) is 3.19. The number of hydrogen-bond donors (Lipinski definition) is 2. The molecule has 2 atom stereocenters. The third-order valence-electron chi connectivity index (χ3n) is 5.52. The van der Waals surface area contributed by atoms with E-state index in [4.69, 9.17) is 0 Å². The molecule has 2 amide bonds. The zero-order valence-corrected chi connectivity index (χ0v) is 16.0. The zero-order valence-electron chi connectivity index (χ0n) is 15.2.